The SMILES string of the molecule is COc1ccccc1OCCn1cccc1CNC(C)C. The fourth-order valence-electron chi connectivity index (χ4n) is 2.13. The molecule has 114 valence electrons. The summed E-state index contributed by atoms with van der Waals surface area (Å²) in [5.74, 6) is 1.56. The molecule has 0 radical (unpaired) electrons. The third-order valence-electron chi connectivity index (χ3n) is 3.27. The Morgan fingerprint density at radius 3 is 2.57 bits per heavy atom. The van der Waals surface area contributed by atoms with E-state index in [-0.39, 0.29) is 0 Å². The first-order valence-electron chi connectivity index (χ1n) is 7.34. The number of aromatic nitrogens is 1. The molecule has 1 heterocycles. The Balaban J connectivity index is 1.87. The van der Waals surface area contributed by atoms with Crippen LogP contribution in [-0.4, -0.2) is 24.3 Å². The Morgan fingerprint density at radius 2 is 1.86 bits per heavy atom. The van der Waals surface area contributed by atoms with Gasteiger partial charge in [-0.25, -0.2) is 0 Å². The van der Waals surface area contributed by atoms with Gasteiger partial charge in [0.15, 0.2) is 11.5 Å². The van der Waals surface area contributed by atoms with Crippen LogP contribution in [0.3, 0.4) is 0 Å². The van der Waals surface area contributed by atoms with E-state index in [0.717, 1.165) is 24.6 Å². The number of benzene rings is 1. The average molecular weight is 288 g/mol. The number of ether oxygens (including phenoxy) is 2. The zero-order valence-corrected chi connectivity index (χ0v) is 13.0. The molecule has 0 saturated carbocycles. The van der Waals surface area contributed by atoms with Crippen LogP contribution in [0.4, 0.5) is 0 Å². The van der Waals surface area contributed by atoms with Crippen molar-refractivity contribution in [1.82, 2.24) is 9.88 Å². The lowest BCUT2D eigenvalue weighted by Gasteiger charge is -2.14. The number of hydrogen-bond acceptors (Lipinski definition) is 3. The van der Waals surface area contributed by atoms with E-state index in [9.17, 15) is 0 Å². The third-order valence-corrected chi connectivity index (χ3v) is 3.27. The second-order valence-electron chi connectivity index (χ2n) is 5.23. The van der Waals surface area contributed by atoms with E-state index in [1.807, 2.05) is 24.3 Å². The average Bonchev–Trinajstić information content (AvgIpc) is 2.93. The first-order valence-corrected chi connectivity index (χ1v) is 7.34. The van der Waals surface area contributed by atoms with E-state index < -0.39 is 0 Å². The second kappa shape index (κ2) is 7.74. The lowest BCUT2D eigenvalue weighted by Crippen LogP contribution is -2.24. The molecule has 2 rings (SSSR count). The van der Waals surface area contributed by atoms with Crippen LogP contribution in [0.25, 0.3) is 0 Å². The van der Waals surface area contributed by atoms with Crippen LogP contribution in [0.15, 0.2) is 42.6 Å². The Morgan fingerprint density at radius 1 is 1.10 bits per heavy atom. The molecule has 0 bridgehead atoms. The normalized spacial score (nSPS) is 10.9. The Hall–Kier alpha value is -1.94. The fourth-order valence-corrected chi connectivity index (χ4v) is 2.13. The number of methoxy groups -OCH3 is 1. The van der Waals surface area contributed by atoms with Gasteiger partial charge in [0.2, 0.25) is 0 Å². The van der Waals surface area contributed by atoms with Crippen LogP contribution >= 0.6 is 0 Å². The fraction of sp³-hybridized carbons (Fsp3) is 0.412. The summed E-state index contributed by atoms with van der Waals surface area (Å²) >= 11 is 0. The minimum atomic E-state index is 0.484. The number of hydrogen-bond donors (Lipinski definition) is 1. The molecule has 21 heavy (non-hydrogen) atoms. The number of nitrogens with one attached hydrogen (secondary N) is 1. The van der Waals surface area contributed by atoms with Crippen molar-refractivity contribution in [3.63, 3.8) is 0 Å². The summed E-state index contributed by atoms with van der Waals surface area (Å²) < 4.78 is 13.3. The van der Waals surface area contributed by atoms with E-state index in [1.165, 1.54) is 5.69 Å². The maximum atomic E-state index is 5.82. The number of rotatable bonds is 8. The van der Waals surface area contributed by atoms with E-state index in [4.69, 9.17) is 9.47 Å². The lowest BCUT2D eigenvalue weighted by atomic mass is 10.3. The van der Waals surface area contributed by atoms with Crippen LogP contribution in [-0.2, 0) is 13.1 Å². The molecule has 0 fully saturated rings. The molecular formula is C17H24N2O2. The summed E-state index contributed by atoms with van der Waals surface area (Å²) in [7, 11) is 1.66. The molecule has 0 aliphatic heterocycles. The van der Waals surface area contributed by atoms with Gasteiger partial charge in [0, 0.05) is 24.5 Å². The minimum Gasteiger partial charge on any atom is -0.493 e. The van der Waals surface area contributed by atoms with Gasteiger partial charge in [-0.2, -0.15) is 0 Å². The molecular weight excluding hydrogens is 264 g/mol. The molecule has 0 amide bonds. The smallest absolute Gasteiger partial charge is 0.161 e. The van der Waals surface area contributed by atoms with Gasteiger partial charge in [0.05, 0.1) is 13.7 Å². The molecule has 1 aromatic heterocycles. The molecule has 0 atom stereocenters. The number of nitrogens with zero attached hydrogens (tertiary/aromatic N) is 1. The molecule has 2 aromatic rings. The van der Waals surface area contributed by atoms with Gasteiger partial charge in [0.25, 0.3) is 0 Å². The molecule has 4 heteroatoms. The largest absolute Gasteiger partial charge is 0.493 e. The summed E-state index contributed by atoms with van der Waals surface area (Å²) in [6.07, 6.45) is 2.09. The quantitative estimate of drug-likeness (QED) is 0.811. The highest BCUT2D eigenvalue weighted by Gasteiger charge is 2.04. The van der Waals surface area contributed by atoms with Crippen LogP contribution in [0.5, 0.6) is 11.5 Å². The molecule has 4 nitrogen and oxygen atoms in total. The van der Waals surface area contributed by atoms with Gasteiger partial charge in [-0.1, -0.05) is 26.0 Å². The van der Waals surface area contributed by atoms with Gasteiger partial charge >= 0.3 is 0 Å². The standard InChI is InChI=1S/C17H24N2O2/c1-14(2)18-13-15-7-6-10-19(15)11-12-21-17-9-5-4-8-16(17)20-3/h4-10,14,18H,11-13H2,1-3H3. The van der Waals surface area contributed by atoms with Gasteiger partial charge in [0.1, 0.15) is 6.61 Å². The minimum absolute atomic E-state index is 0.484. The highest BCUT2D eigenvalue weighted by Crippen LogP contribution is 2.25. The zero-order chi connectivity index (χ0) is 15.1. The maximum Gasteiger partial charge on any atom is 0.161 e. The van der Waals surface area contributed by atoms with E-state index in [2.05, 4.69) is 42.1 Å². The van der Waals surface area contributed by atoms with E-state index in [0.29, 0.717) is 12.6 Å². The highest BCUT2D eigenvalue weighted by molar-refractivity contribution is 5.39. The summed E-state index contributed by atoms with van der Waals surface area (Å²) in [4.78, 5) is 0. The zero-order valence-electron chi connectivity index (χ0n) is 13.0. The topological polar surface area (TPSA) is 35.4 Å². The monoisotopic (exact) mass is 288 g/mol. The first-order chi connectivity index (χ1) is 10.2. The summed E-state index contributed by atoms with van der Waals surface area (Å²) in [5, 5.41) is 3.43. The van der Waals surface area contributed by atoms with Crippen molar-refractivity contribution in [3.8, 4) is 11.5 Å². The van der Waals surface area contributed by atoms with E-state index in [1.54, 1.807) is 7.11 Å². The van der Waals surface area contributed by atoms with Gasteiger partial charge in [-0.3, -0.25) is 0 Å². The molecule has 0 saturated heterocycles. The van der Waals surface area contributed by atoms with Crippen molar-refractivity contribution >= 4 is 0 Å². The third kappa shape index (κ3) is 4.53. The predicted molar refractivity (Wildman–Crippen MR) is 84.9 cm³/mol. The lowest BCUT2D eigenvalue weighted by molar-refractivity contribution is 0.278. The van der Waals surface area contributed by atoms with Gasteiger partial charge < -0.3 is 19.4 Å². The van der Waals surface area contributed by atoms with Gasteiger partial charge in [-0.15, -0.1) is 0 Å². The Kier molecular flexibility index (Phi) is 5.69. The van der Waals surface area contributed by atoms with Crippen LogP contribution in [0.1, 0.15) is 19.5 Å². The highest BCUT2D eigenvalue weighted by atomic mass is 16.5. The summed E-state index contributed by atoms with van der Waals surface area (Å²) in [6, 6.07) is 12.4. The van der Waals surface area contributed by atoms with Crippen molar-refractivity contribution in [2.24, 2.45) is 0 Å². The molecule has 1 aromatic carbocycles. The second-order valence-corrected chi connectivity index (χ2v) is 5.23. The molecule has 1 N–H and O–H groups in total. The molecule has 0 aliphatic carbocycles. The maximum absolute atomic E-state index is 5.82. The molecule has 0 spiro atoms. The molecule has 0 unspecified atom stereocenters. The van der Waals surface area contributed by atoms with E-state index >= 15 is 0 Å². The number of para-hydroxylation sites is 2. The molecule has 0 aliphatic rings. The Bertz CT molecular complexity index is 549. The van der Waals surface area contributed by atoms with Crippen molar-refractivity contribution < 1.29 is 9.47 Å². The summed E-state index contributed by atoms with van der Waals surface area (Å²) in [6.45, 7) is 6.61. The first kappa shape index (κ1) is 15.4. The summed E-state index contributed by atoms with van der Waals surface area (Å²) in [5.41, 5.74) is 1.27. The van der Waals surface area contributed by atoms with Gasteiger partial charge in [-0.05, 0) is 24.3 Å². The van der Waals surface area contributed by atoms with Crippen LogP contribution in [0, 0.1) is 0 Å². The van der Waals surface area contributed by atoms with Crippen molar-refractivity contribution in [2.75, 3.05) is 13.7 Å². The van der Waals surface area contributed by atoms with Crippen LogP contribution < -0.4 is 14.8 Å². The van der Waals surface area contributed by atoms with Crippen LogP contribution in [0.2, 0.25) is 0 Å². The van der Waals surface area contributed by atoms with Crippen molar-refractivity contribution in [2.45, 2.75) is 33.0 Å². The van der Waals surface area contributed by atoms with Crippen molar-refractivity contribution in [1.29, 1.82) is 0 Å². The Labute approximate surface area is 126 Å². The van der Waals surface area contributed by atoms with Crippen molar-refractivity contribution in [3.05, 3.63) is 48.3 Å². The predicted octanol–water partition coefficient (Wildman–Crippen LogP) is 3.07.